The predicted octanol–water partition coefficient (Wildman–Crippen LogP) is 1.54. The Morgan fingerprint density at radius 2 is 2.16 bits per heavy atom. The summed E-state index contributed by atoms with van der Waals surface area (Å²) in [5.74, 6) is 1.57. The monoisotopic (exact) mass is 262 g/mol. The lowest BCUT2D eigenvalue weighted by Gasteiger charge is -2.33. The minimum atomic E-state index is 0.0847. The summed E-state index contributed by atoms with van der Waals surface area (Å²) in [6.45, 7) is 4.69. The number of pyridine rings is 1. The van der Waals surface area contributed by atoms with Crippen LogP contribution in [0.4, 0.5) is 5.82 Å². The van der Waals surface area contributed by atoms with Crippen LogP contribution in [0.3, 0.4) is 0 Å². The van der Waals surface area contributed by atoms with Crippen molar-refractivity contribution in [1.29, 1.82) is 5.41 Å². The van der Waals surface area contributed by atoms with Crippen LogP contribution in [0.25, 0.3) is 0 Å². The summed E-state index contributed by atoms with van der Waals surface area (Å²) in [6.07, 6.45) is 2.20. The number of rotatable bonds is 4. The minimum absolute atomic E-state index is 0.0847. The summed E-state index contributed by atoms with van der Waals surface area (Å²) in [6, 6.07) is 3.79. The van der Waals surface area contributed by atoms with Crippen molar-refractivity contribution in [1.82, 2.24) is 4.98 Å². The van der Waals surface area contributed by atoms with Crippen LogP contribution >= 0.6 is 0 Å². The Morgan fingerprint density at radius 1 is 1.47 bits per heavy atom. The first-order chi connectivity index (χ1) is 9.11. The number of hydrogen-bond donors (Lipinski definition) is 2. The Kier molecular flexibility index (Phi) is 4.37. The van der Waals surface area contributed by atoms with Gasteiger partial charge in [0.1, 0.15) is 11.7 Å². The maximum atomic E-state index is 7.66. The molecule has 19 heavy (non-hydrogen) atoms. The SMILES string of the molecule is COCC1CCN(c2nc(C)ccc2C(=N)N)CC1. The van der Waals surface area contributed by atoms with E-state index >= 15 is 0 Å². The first kappa shape index (κ1) is 13.8. The topological polar surface area (TPSA) is 75.2 Å². The Hall–Kier alpha value is -1.62. The van der Waals surface area contributed by atoms with E-state index < -0.39 is 0 Å². The van der Waals surface area contributed by atoms with Gasteiger partial charge >= 0.3 is 0 Å². The first-order valence-electron chi connectivity index (χ1n) is 6.67. The van der Waals surface area contributed by atoms with Crippen molar-refractivity contribution < 1.29 is 4.74 Å². The van der Waals surface area contributed by atoms with Crippen LogP contribution in [0.1, 0.15) is 24.1 Å². The summed E-state index contributed by atoms with van der Waals surface area (Å²) in [5.41, 5.74) is 7.33. The van der Waals surface area contributed by atoms with E-state index in [0.717, 1.165) is 49.6 Å². The summed E-state index contributed by atoms with van der Waals surface area (Å²) in [5, 5.41) is 7.66. The zero-order valence-electron chi connectivity index (χ0n) is 11.6. The van der Waals surface area contributed by atoms with E-state index in [0.29, 0.717) is 5.92 Å². The number of amidine groups is 1. The van der Waals surface area contributed by atoms with Gasteiger partial charge in [0.25, 0.3) is 0 Å². The number of nitrogens with zero attached hydrogens (tertiary/aromatic N) is 2. The number of anilines is 1. The largest absolute Gasteiger partial charge is 0.384 e. The molecule has 0 spiro atoms. The molecule has 1 aromatic heterocycles. The molecule has 0 atom stereocenters. The van der Waals surface area contributed by atoms with Crippen molar-refractivity contribution in [3.8, 4) is 0 Å². The number of nitrogens with two attached hydrogens (primary N) is 1. The van der Waals surface area contributed by atoms with Crippen LogP contribution in [0, 0.1) is 18.3 Å². The van der Waals surface area contributed by atoms with E-state index in [-0.39, 0.29) is 5.84 Å². The maximum absolute atomic E-state index is 7.66. The normalized spacial score (nSPS) is 16.6. The lowest BCUT2D eigenvalue weighted by atomic mass is 9.97. The third-order valence-corrected chi connectivity index (χ3v) is 3.62. The Morgan fingerprint density at radius 3 is 2.74 bits per heavy atom. The second-order valence-electron chi connectivity index (χ2n) is 5.12. The standard InChI is InChI=1S/C14H22N4O/c1-10-3-4-12(13(15)16)14(17-10)18-7-5-11(6-8-18)9-19-2/h3-4,11H,5-9H2,1-2H3,(H3,15,16). The number of methoxy groups -OCH3 is 1. The van der Waals surface area contributed by atoms with Gasteiger partial charge in [0.05, 0.1) is 5.56 Å². The summed E-state index contributed by atoms with van der Waals surface area (Å²) in [7, 11) is 1.75. The molecular formula is C14H22N4O. The fourth-order valence-electron chi connectivity index (χ4n) is 2.54. The maximum Gasteiger partial charge on any atom is 0.139 e. The van der Waals surface area contributed by atoms with Crippen molar-refractivity contribution in [2.45, 2.75) is 19.8 Å². The molecule has 0 amide bonds. The van der Waals surface area contributed by atoms with Gasteiger partial charge in [-0.3, -0.25) is 5.41 Å². The van der Waals surface area contributed by atoms with Gasteiger partial charge < -0.3 is 15.4 Å². The summed E-state index contributed by atoms with van der Waals surface area (Å²) >= 11 is 0. The molecule has 1 aliphatic heterocycles. The van der Waals surface area contributed by atoms with Gasteiger partial charge in [0, 0.05) is 32.5 Å². The molecule has 0 bridgehead atoms. The molecule has 2 rings (SSSR count). The molecule has 1 saturated heterocycles. The molecule has 5 nitrogen and oxygen atoms in total. The highest BCUT2D eigenvalue weighted by Crippen LogP contribution is 2.25. The molecule has 0 aromatic carbocycles. The molecule has 5 heteroatoms. The smallest absolute Gasteiger partial charge is 0.139 e. The van der Waals surface area contributed by atoms with Gasteiger partial charge in [0.2, 0.25) is 0 Å². The molecule has 1 aliphatic rings. The third-order valence-electron chi connectivity index (χ3n) is 3.62. The van der Waals surface area contributed by atoms with E-state index in [9.17, 15) is 0 Å². The van der Waals surface area contributed by atoms with E-state index in [1.54, 1.807) is 7.11 Å². The van der Waals surface area contributed by atoms with Crippen LogP contribution in [-0.4, -0.2) is 37.6 Å². The van der Waals surface area contributed by atoms with Gasteiger partial charge in [-0.1, -0.05) is 0 Å². The number of hydrogen-bond acceptors (Lipinski definition) is 4. The van der Waals surface area contributed by atoms with Gasteiger partial charge in [-0.2, -0.15) is 0 Å². The number of nitrogens with one attached hydrogen (secondary N) is 1. The highest BCUT2D eigenvalue weighted by Gasteiger charge is 2.22. The van der Waals surface area contributed by atoms with Crippen LogP contribution in [0.15, 0.2) is 12.1 Å². The van der Waals surface area contributed by atoms with E-state index in [1.807, 2.05) is 19.1 Å². The van der Waals surface area contributed by atoms with Crippen molar-refractivity contribution in [3.63, 3.8) is 0 Å². The minimum Gasteiger partial charge on any atom is -0.384 e. The van der Waals surface area contributed by atoms with E-state index in [4.69, 9.17) is 15.9 Å². The number of piperidine rings is 1. The lowest BCUT2D eigenvalue weighted by molar-refractivity contribution is 0.139. The van der Waals surface area contributed by atoms with Crippen molar-refractivity contribution in [2.24, 2.45) is 11.7 Å². The zero-order chi connectivity index (χ0) is 13.8. The van der Waals surface area contributed by atoms with Crippen molar-refractivity contribution in [3.05, 3.63) is 23.4 Å². The second-order valence-corrected chi connectivity index (χ2v) is 5.12. The number of aryl methyl sites for hydroxylation is 1. The van der Waals surface area contributed by atoms with Gasteiger partial charge in [0.15, 0.2) is 0 Å². The molecule has 1 aromatic rings. The van der Waals surface area contributed by atoms with Crippen LogP contribution in [-0.2, 0) is 4.74 Å². The average Bonchev–Trinajstić information content (AvgIpc) is 2.39. The molecule has 0 saturated carbocycles. The first-order valence-corrected chi connectivity index (χ1v) is 6.67. The average molecular weight is 262 g/mol. The predicted molar refractivity (Wildman–Crippen MR) is 76.8 cm³/mol. The molecule has 0 unspecified atom stereocenters. The molecule has 0 radical (unpaired) electrons. The molecule has 1 fully saturated rings. The highest BCUT2D eigenvalue weighted by atomic mass is 16.5. The fourth-order valence-corrected chi connectivity index (χ4v) is 2.54. The van der Waals surface area contributed by atoms with Crippen molar-refractivity contribution >= 4 is 11.7 Å². The third kappa shape index (κ3) is 3.23. The van der Waals surface area contributed by atoms with Crippen LogP contribution in [0.2, 0.25) is 0 Å². The van der Waals surface area contributed by atoms with Gasteiger partial charge in [-0.05, 0) is 37.8 Å². The van der Waals surface area contributed by atoms with E-state index in [2.05, 4.69) is 9.88 Å². The molecule has 3 N–H and O–H groups in total. The number of nitrogen functional groups attached to an aromatic ring is 1. The number of aromatic nitrogens is 1. The van der Waals surface area contributed by atoms with Crippen LogP contribution in [0.5, 0.6) is 0 Å². The summed E-state index contributed by atoms with van der Waals surface area (Å²) in [4.78, 5) is 6.79. The molecule has 2 heterocycles. The zero-order valence-corrected chi connectivity index (χ0v) is 11.6. The Balaban J connectivity index is 2.14. The molecule has 0 aliphatic carbocycles. The number of ether oxygens (including phenoxy) is 1. The van der Waals surface area contributed by atoms with Gasteiger partial charge in [-0.25, -0.2) is 4.98 Å². The van der Waals surface area contributed by atoms with Gasteiger partial charge in [-0.15, -0.1) is 0 Å². The molecule has 104 valence electrons. The second kappa shape index (κ2) is 6.02. The van der Waals surface area contributed by atoms with E-state index in [1.165, 1.54) is 0 Å². The Labute approximate surface area is 114 Å². The van der Waals surface area contributed by atoms with Crippen LogP contribution < -0.4 is 10.6 Å². The quantitative estimate of drug-likeness (QED) is 0.637. The highest BCUT2D eigenvalue weighted by molar-refractivity contribution is 5.99. The summed E-state index contributed by atoms with van der Waals surface area (Å²) < 4.78 is 5.22. The Bertz CT molecular complexity index is 453. The lowest BCUT2D eigenvalue weighted by Crippen LogP contribution is -2.37. The molecular weight excluding hydrogens is 240 g/mol. The fraction of sp³-hybridized carbons (Fsp3) is 0.571. The van der Waals surface area contributed by atoms with Crippen molar-refractivity contribution in [2.75, 3.05) is 31.7 Å².